The molecule has 4 heteroatoms. The Hall–Kier alpha value is -2.75. The average molecular weight is 319 g/mol. The van der Waals surface area contributed by atoms with Crippen molar-refractivity contribution in [2.24, 2.45) is 0 Å². The lowest BCUT2D eigenvalue weighted by molar-refractivity contribution is 0.415. The molecule has 0 saturated heterocycles. The molecule has 0 bridgehead atoms. The molecule has 2 heterocycles. The molecule has 0 radical (unpaired) electrons. The van der Waals surface area contributed by atoms with E-state index in [-0.39, 0.29) is 0 Å². The standard InChI is InChI=1S/C20H21N3O/c1-13-7-8-18(14(2)11-13)23-20-17(9-10-21-20)19(22-23)15-5-4-6-16(12-15)24-3/h4-8,11-12,21H,9-10H2,1-3H3. The Balaban J connectivity index is 1.89. The summed E-state index contributed by atoms with van der Waals surface area (Å²) in [6.07, 6.45) is 0.993. The second kappa shape index (κ2) is 5.71. The molecular weight excluding hydrogens is 298 g/mol. The van der Waals surface area contributed by atoms with E-state index in [0.29, 0.717) is 0 Å². The fraction of sp³-hybridized carbons (Fsp3) is 0.250. The van der Waals surface area contributed by atoms with E-state index in [0.717, 1.165) is 41.5 Å². The Morgan fingerprint density at radius 1 is 1.12 bits per heavy atom. The van der Waals surface area contributed by atoms with Crippen molar-refractivity contribution in [3.05, 3.63) is 59.2 Å². The summed E-state index contributed by atoms with van der Waals surface area (Å²) in [5.41, 5.74) is 7.03. The highest BCUT2D eigenvalue weighted by Crippen LogP contribution is 2.36. The third kappa shape index (κ3) is 2.35. The molecule has 1 N–H and O–H groups in total. The van der Waals surface area contributed by atoms with Crippen molar-refractivity contribution >= 4 is 5.82 Å². The number of benzene rings is 2. The summed E-state index contributed by atoms with van der Waals surface area (Å²) in [4.78, 5) is 0. The Kier molecular flexibility index (Phi) is 3.53. The van der Waals surface area contributed by atoms with Gasteiger partial charge < -0.3 is 10.1 Å². The number of fused-ring (bicyclic) bond motifs is 1. The van der Waals surface area contributed by atoms with E-state index in [1.165, 1.54) is 16.7 Å². The molecule has 24 heavy (non-hydrogen) atoms. The van der Waals surface area contributed by atoms with Gasteiger partial charge in [0, 0.05) is 17.7 Å². The number of nitrogens with zero attached hydrogens (tertiary/aromatic N) is 2. The molecule has 1 aromatic heterocycles. The first-order valence-corrected chi connectivity index (χ1v) is 8.25. The monoisotopic (exact) mass is 319 g/mol. The smallest absolute Gasteiger partial charge is 0.133 e. The molecule has 2 aromatic carbocycles. The number of aromatic nitrogens is 2. The van der Waals surface area contributed by atoms with E-state index in [4.69, 9.17) is 9.84 Å². The Bertz CT molecular complexity index is 911. The first-order chi connectivity index (χ1) is 11.7. The molecule has 4 nitrogen and oxygen atoms in total. The predicted molar refractivity (Wildman–Crippen MR) is 97.2 cm³/mol. The lowest BCUT2D eigenvalue weighted by atomic mass is 10.1. The van der Waals surface area contributed by atoms with Crippen LogP contribution in [0.2, 0.25) is 0 Å². The van der Waals surface area contributed by atoms with Gasteiger partial charge in [0.25, 0.3) is 0 Å². The fourth-order valence-electron chi connectivity index (χ4n) is 3.39. The summed E-state index contributed by atoms with van der Waals surface area (Å²) in [5.74, 6) is 1.97. The van der Waals surface area contributed by atoms with Crippen molar-refractivity contribution in [2.45, 2.75) is 20.3 Å². The molecule has 1 aliphatic rings. The zero-order valence-corrected chi connectivity index (χ0v) is 14.3. The quantitative estimate of drug-likeness (QED) is 0.789. The minimum absolute atomic E-state index is 0.855. The van der Waals surface area contributed by atoms with Gasteiger partial charge in [-0.1, -0.05) is 29.8 Å². The lowest BCUT2D eigenvalue weighted by Crippen LogP contribution is -2.05. The molecule has 0 atom stereocenters. The van der Waals surface area contributed by atoms with E-state index >= 15 is 0 Å². The first-order valence-electron chi connectivity index (χ1n) is 8.25. The van der Waals surface area contributed by atoms with Gasteiger partial charge in [0.1, 0.15) is 11.6 Å². The molecule has 1 aliphatic heterocycles. The van der Waals surface area contributed by atoms with Crippen LogP contribution in [0, 0.1) is 13.8 Å². The minimum atomic E-state index is 0.855. The third-order valence-corrected chi connectivity index (χ3v) is 4.57. The summed E-state index contributed by atoms with van der Waals surface area (Å²) in [5, 5.41) is 8.43. The zero-order chi connectivity index (χ0) is 16.7. The van der Waals surface area contributed by atoms with Crippen LogP contribution in [0.1, 0.15) is 16.7 Å². The third-order valence-electron chi connectivity index (χ3n) is 4.57. The number of hydrogen-bond acceptors (Lipinski definition) is 3. The molecule has 4 rings (SSSR count). The highest BCUT2D eigenvalue weighted by Gasteiger charge is 2.24. The van der Waals surface area contributed by atoms with Crippen molar-refractivity contribution in [3.63, 3.8) is 0 Å². The van der Waals surface area contributed by atoms with Crippen LogP contribution in [0.15, 0.2) is 42.5 Å². The van der Waals surface area contributed by atoms with Gasteiger partial charge in [-0.25, -0.2) is 4.68 Å². The van der Waals surface area contributed by atoms with E-state index < -0.39 is 0 Å². The summed E-state index contributed by atoms with van der Waals surface area (Å²) >= 11 is 0. The van der Waals surface area contributed by atoms with Gasteiger partial charge in [0.15, 0.2) is 0 Å². The number of aryl methyl sites for hydroxylation is 2. The van der Waals surface area contributed by atoms with Gasteiger partial charge in [-0.15, -0.1) is 0 Å². The van der Waals surface area contributed by atoms with Crippen LogP contribution in [-0.4, -0.2) is 23.4 Å². The fourth-order valence-corrected chi connectivity index (χ4v) is 3.39. The number of methoxy groups -OCH3 is 1. The number of ether oxygens (including phenoxy) is 1. The lowest BCUT2D eigenvalue weighted by Gasteiger charge is -2.10. The maximum atomic E-state index is 5.37. The van der Waals surface area contributed by atoms with Crippen molar-refractivity contribution < 1.29 is 4.74 Å². The van der Waals surface area contributed by atoms with Gasteiger partial charge in [-0.2, -0.15) is 5.10 Å². The minimum Gasteiger partial charge on any atom is -0.497 e. The van der Waals surface area contributed by atoms with Gasteiger partial charge >= 0.3 is 0 Å². The Labute approximate surface area is 142 Å². The number of anilines is 1. The summed E-state index contributed by atoms with van der Waals surface area (Å²) < 4.78 is 7.42. The maximum absolute atomic E-state index is 5.37. The van der Waals surface area contributed by atoms with Gasteiger partial charge in [-0.3, -0.25) is 0 Å². The topological polar surface area (TPSA) is 39.1 Å². The summed E-state index contributed by atoms with van der Waals surface area (Å²) in [7, 11) is 1.69. The molecule has 0 fully saturated rings. The van der Waals surface area contributed by atoms with Crippen molar-refractivity contribution in [2.75, 3.05) is 19.0 Å². The molecule has 122 valence electrons. The van der Waals surface area contributed by atoms with Crippen LogP contribution < -0.4 is 10.1 Å². The SMILES string of the molecule is COc1cccc(-c2nn(-c3ccc(C)cc3C)c3c2CCN3)c1. The summed E-state index contributed by atoms with van der Waals surface area (Å²) in [6.45, 7) is 5.20. The highest BCUT2D eigenvalue weighted by atomic mass is 16.5. The van der Waals surface area contributed by atoms with Crippen LogP contribution in [-0.2, 0) is 6.42 Å². The van der Waals surface area contributed by atoms with E-state index in [1.807, 2.05) is 22.9 Å². The highest BCUT2D eigenvalue weighted by molar-refractivity contribution is 5.73. The number of nitrogens with one attached hydrogen (secondary N) is 1. The van der Waals surface area contributed by atoms with Gasteiger partial charge in [0.05, 0.1) is 18.5 Å². The van der Waals surface area contributed by atoms with E-state index in [9.17, 15) is 0 Å². The van der Waals surface area contributed by atoms with Crippen molar-refractivity contribution in [1.29, 1.82) is 0 Å². The molecule has 3 aromatic rings. The van der Waals surface area contributed by atoms with Crippen LogP contribution in [0.25, 0.3) is 16.9 Å². The van der Waals surface area contributed by atoms with E-state index in [2.05, 4.69) is 43.4 Å². The normalized spacial score (nSPS) is 12.8. The largest absolute Gasteiger partial charge is 0.497 e. The van der Waals surface area contributed by atoms with Crippen LogP contribution in [0.5, 0.6) is 5.75 Å². The second-order valence-corrected chi connectivity index (χ2v) is 6.29. The first kappa shape index (κ1) is 14.8. The predicted octanol–water partition coefficient (Wildman–Crippen LogP) is 4.13. The summed E-state index contributed by atoms with van der Waals surface area (Å²) in [6, 6.07) is 14.6. The molecule has 0 amide bonds. The average Bonchev–Trinajstić information content (AvgIpc) is 3.18. The van der Waals surface area contributed by atoms with Gasteiger partial charge in [0.2, 0.25) is 0 Å². The molecule has 0 spiro atoms. The number of rotatable bonds is 3. The molecular formula is C20H21N3O. The van der Waals surface area contributed by atoms with Crippen molar-refractivity contribution in [1.82, 2.24) is 9.78 Å². The maximum Gasteiger partial charge on any atom is 0.133 e. The molecule has 0 saturated carbocycles. The molecule has 0 aliphatic carbocycles. The van der Waals surface area contributed by atoms with Crippen molar-refractivity contribution in [3.8, 4) is 22.7 Å². The van der Waals surface area contributed by atoms with Crippen LogP contribution >= 0.6 is 0 Å². The Morgan fingerprint density at radius 3 is 2.79 bits per heavy atom. The molecule has 0 unspecified atom stereocenters. The number of hydrogen-bond donors (Lipinski definition) is 1. The second-order valence-electron chi connectivity index (χ2n) is 6.29. The van der Waals surface area contributed by atoms with E-state index in [1.54, 1.807) is 7.11 Å². The zero-order valence-electron chi connectivity index (χ0n) is 14.3. The van der Waals surface area contributed by atoms with Crippen LogP contribution in [0.4, 0.5) is 5.82 Å². The Morgan fingerprint density at radius 2 is 2.00 bits per heavy atom. The van der Waals surface area contributed by atoms with Crippen LogP contribution in [0.3, 0.4) is 0 Å². The van der Waals surface area contributed by atoms with Gasteiger partial charge in [-0.05, 0) is 44.0 Å².